The summed E-state index contributed by atoms with van der Waals surface area (Å²) in [7, 11) is 0. The monoisotopic (exact) mass is 558 g/mol. The molecule has 1 unspecified atom stereocenters. The van der Waals surface area contributed by atoms with E-state index in [4.69, 9.17) is 9.47 Å². The molecule has 4 aliphatic heterocycles. The number of benzene rings is 1. The maximum atomic E-state index is 13.0. The van der Waals surface area contributed by atoms with Crippen molar-refractivity contribution in [2.24, 2.45) is 5.92 Å². The average molecular weight is 559 g/mol. The van der Waals surface area contributed by atoms with E-state index in [1.54, 1.807) is 9.80 Å². The van der Waals surface area contributed by atoms with E-state index in [0.29, 0.717) is 44.1 Å². The molecule has 1 aromatic carbocycles. The number of nitrogens with one attached hydrogen (secondary N) is 1. The Morgan fingerprint density at radius 2 is 1.65 bits per heavy atom. The number of imide groups is 1. The van der Waals surface area contributed by atoms with Gasteiger partial charge in [0.25, 0.3) is 5.91 Å². The van der Waals surface area contributed by atoms with Gasteiger partial charge in [-0.2, -0.15) is 0 Å². The number of anilines is 1. The maximum absolute atomic E-state index is 13.0. The first kappa shape index (κ1) is 29.8. The van der Waals surface area contributed by atoms with Crippen molar-refractivity contribution >= 4 is 29.5 Å². The molecular weight excluding hydrogens is 512 g/mol. The zero-order valence-corrected chi connectivity index (χ0v) is 24.3. The summed E-state index contributed by atoms with van der Waals surface area (Å²) in [5, 5.41) is 2.35. The number of rotatable bonds is 6. The minimum Gasteiger partial charge on any atom is -0.449 e. The van der Waals surface area contributed by atoms with Crippen LogP contribution in [0.1, 0.15) is 83.6 Å². The standard InChI is InChI=1S/C28H38N4O6.C2H6.H2/c1-18(2)17-37-28(36)31-13-9-22(10-14-31)38-21-7-11-30(12-8-21)20-3-4-23-19(15-20)16-32(27(23)35)24-5-6-25(33)29-26(24)34;1-2;/h3-4,15,18,21-22,24H,5-14,16-17H2,1-2H3,(H,29,33,34);1-2H3;1H. The number of carbonyl (C=O) groups excluding carboxylic acids is 4. The van der Waals surface area contributed by atoms with Crippen molar-refractivity contribution in [3.63, 3.8) is 0 Å². The van der Waals surface area contributed by atoms with Gasteiger partial charge in [0.2, 0.25) is 11.8 Å². The van der Waals surface area contributed by atoms with Crippen molar-refractivity contribution < 1.29 is 30.1 Å². The molecule has 0 aromatic heterocycles. The molecule has 3 fully saturated rings. The Morgan fingerprint density at radius 1 is 1.00 bits per heavy atom. The van der Waals surface area contributed by atoms with Crippen molar-refractivity contribution in [2.45, 2.75) is 91.0 Å². The van der Waals surface area contributed by atoms with Gasteiger partial charge in [-0.05, 0) is 61.8 Å². The Labute approximate surface area is 238 Å². The van der Waals surface area contributed by atoms with Crippen LogP contribution in [0.3, 0.4) is 0 Å². The second-order valence-corrected chi connectivity index (χ2v) is 11.2. The van der Waals surface area contributed by atoms with Gasteiger partial charge in [0, 0.05) is 51.8 Å². The Hall–Kier alpha value is -3.14. The first-order valence-corrected chi connectivity index (χ1v) is 14.9. The second kappa shape index (κ2) is 13.5. The number of ether oxygens (including phenoxy) is 2. The van der Waals surface area contributed by atoms with Gasteiger partial charge in [0.15, 0.2) is 0 Å². The second-order valence-electron chi connectivity index (χ2n) is 11.2. The fourth-order valence-corrected chi connectivity index (χ4v) is 5.78. The summed E-state index contributed by atoms with van der Waals surface area (Å²) in [6, 6.07) is 5.32. The van der Waals surface area contributed by atoms with Gasteiger partial charge in [0.05, 0.1) is 18.8 Å². The minimum atomic E-state index is -0.596. The fourth-order valence-electron chi connectivity index (χ4n) is 5.78. The van der Waals surface area contributed by atoms with Gasteiger partial charge in [-0.3, -0.25) is 19.7 Å². The van der Waals surface area contributed by atoms with E-state index in [-0.39, 0.29) is 43.9 Å². The number of nitrogens with zero attached hydrogens (tertiary/aromatic N) is 3. The summed E-state index contributed by atoms with van der Waals surface area (Å²) in [6.07, 6.45) is 4.29. The highest BCUT2D eigenvalue weighted by atomic mass is 16.6. The van der Waals surface area contributed by atoms with Crippen LogP contribution in [0.25, 0.3) is 0 Å². The molecule has 1 aromatic rings. The molecule has 1 atom stereocenters. The Kier molecular flexibility index (Phi) is 10.1. The third-order valence-corrected chi connectivity index (χ3v) is 7.94. The smallest absolute Gasteiger partial charge is 0.409 e. The quantitative estimate of drug-likeness (QED) is 0.527. The number of hydrogen-bond donors (Lipinski definition) is 1. The number of carbonyl (C=O) groups is 4. The summed E-state index contributed by atoms with van der Waals surface area (Å²) in [5.74, 6) is -0.483. The van der Waals surface area contributed by atoms with Gasteiger partial charge in [-0.1, -0.05) is 27.7 Å². The lowest BCUT2D eigenvalue weighted by Crippen LogP contribution is -2.52. The van der Waals surface area contributed by atoms with Gasteiger partial charge >= 0.3 is 6.09 Å². The molecule has 40 heavy (non-hydrogen) atoms. The van der Waals surface area contributed by atoms with Crippen molar-refractivity contribution in [2.75, 3.05) is 37.7 Å². The van der Waals surface area contributed by atoms with E-state index in [0.717, 1.165) is 50.0 Å². The Balaban J connectivity index is 0.00000151. The SMILES string of the molecule is CC.CC(C)COC(=O)N1CCC(OC2CCN(c3ccc4c(c3)CN(C3CCC(=O)NC3=O)C4=O)CC2)CC1.[HH]. The average Bonchev–Trinajstić information content (AvgIpc) is 3.28. The maximum Gasteiger partial charge on any atom is 0.409 e. The number of amides is 4. The van der Waals surface area contributed by atoms with Gasteiger partial charge in [-0.15, -0.1) is 0 Å². The molecule has 0 aliphatic carbocycles. The molecule has 4 heterocycles. The van der Waals surface area contributed by atoms with Gasteiger partial charge in [0.1, 0.15) is 6.04 Å². The largest absolute Gasteiger partial charge is 0.449 e. The van der Waals surface area contributed by atoms with Gasteiger partial charge < -0.3 is 24.2 Å². The zero-order valence-electron chi connectivity index (χ0n) is 24.3. The molecule has 222 valence electrons. The third-order valence-electron chi connectivity index (χ3n) is 7.94. The molecule has 0 bridgehead atoms. The summed E-state index contributed by atoms with van der Waals surface area (Å²) >= 11 is 0. The van der Waals surface area contributed by atoms with Crippen molar-refractivity contribution in [1.82, 2.24) is 15.1 Å². The van der Waals surface area contributed by atoms with Crippen LogP contribution in [0, 0.1) is 5.92 Å². The van der Waals surface area contributed by atoms with E-state index in [1.807, 2.05) is 39.8 Å². The van der Waals surface area contributed by atoms with E-state index in [2.05, 4.69) is 16.3 Å². The van der Waals surface area contributed by atoms with Crippen molar-refractivity contribution in [3.05, 3.63) is 29.3 Å². The Bertz CT molecular complexity index is 1080. The van der Waals surface area contributed by atoms with Crippen LogP contribution < -0.4 is 10.2 Å². The molecular formula is C30H46N4O6. The number of likely N-dealkylation sites (tertiary alicyclic amines) is 1. The van der Waals surface area contributed by atoms with Gasteiger partial charge in [-0.25, -0.2) is 4.79 Å². The molecule has 0 radical (unpaired) electrons. The van der Waals surface area contributed by atoms with E-state index >= 15 is 0 Å². The fraction of sp³-hybridized carbons (Fsp3) is 0.667. The predicted octanol–water partition coefficient (Wildman–Crippen LogP) is 3.96. The van der Waals surface area contributed by atoms with Crippen LogP contribution in [0.4, 0.5) is 10.5 Å². The molecule has 3 saturated heterocycles. The van der Waals surface area contributed by atoms with Crippen molar-refractivity contribution in [3.8, 4) is 0 Å². The summed E-state index contributed by atoms with van der Waals surface area (Å²) in [5.41, 5.74) is 2.64. The van der Waals surface area contributed by atoms with E-state index in [1.165, 1.54) is 0 Å². The first-order chi connectivity index (χ1) is 19.3. The van der Waals surface area contributed by atoms with Crippen molar-refractivity contribution in [1.29, 1.82) is 0 Å². The van der Waals surface area contributed by atoms with Crippen LogP contribution in [0.5, 0.6) is 0 Å². The molecule has 10 heteroatoms. The van der Waals surface area contributed by atoms with Crippen LogP contribution in [0.2, 0.25) is 0 Å². The topological polar surface area (TPSA) is 108 Å². The lowest BCUT2D eigenvalue weighted by molar-refractivity contribution is -0.136. The highest BCUT2D eigenvalue weighted by Crippen LogP contribution is 2.32. The van der Waals surface area contributed by atoms with Crippen LogP contribution >= 0.6 is 0 Å². The molecule has 0 spiro atoms. The number of piperidine rings is 3. The van der Waals surface area contributed by atoms with E-state index < -0.39 is 6.04 Å². The normalized spacial score (nSPS) is 22.2. The highest BCUT2D eigenvalue weighted by molar-refractivity contribution is 6.05. The lowest BCUT2D eigenvalue weighted by Gasteiger charge is -2.37. The van der Waals surface area contributed by atoms with Crippen LogP contribution in [-0.2, 0) is 25.6 Å². The predicted molar refractivity (Wildman–Crippen MR) is 153 cm³/mol. The molecule has 0 saturated carbocycles. The molecule has 4 amide bonds. The molecule has 1 N–H and O–H groups in total. The first-order valence-electron chi connectivity index (χ1n) is 14.9. The number of hydrogen-bond acceptors (Lipinski definition) is 7. The Morgan fingerprint density at radius 3 is 2.27 bits per heavy atom. The van der Waals surface area contributed by atoms with E-state index in [9.17, 15) is 19.2 Å². The number of fused-ring (bicyclic) bond motifs is 1. The summed E-state index contributed by atoms with van der Waals surface area (Å²) in [4.78, 5) is 54.6. The molecule has 4 aliphatic rings. The lowest BCUT2D eigenvalue weighted by atomic mass is 10.0. The van der Waals surface area contributed by atoms with Crippen LogP contribution in [-0.4, -0.2) is 84.7 Å². The third kappa shape index (κ3) is 6.95. The van der Waals surface area contributed by atoms with Crippen LogP contribution in [0.15, 0.2) is 18.2 Å². The zero-order chi connectivity index (χ0) is 28.8. The summed E-state index contributed by atoms with van der Waals surface area (Å²) < 4.78 is 11.8. The highest BCUT2D eigenvalue weighted by Gasteiger charge is 2.39. The molecule has 5 rings (SSSR count). The molecule has 10 nitrogen and oxygen atoms in total. The minimum absolute atomic E-state index is 0. The summed E-state index contributed by atoms with van der Waals surface area (Å²) in [6.45, 7) is 12.0.